The summed E-state index contributed by atoms with van der Waals surface area (Å²) in [5, 5.41) is 0. The Labute approximate surface area is 205 Å². The van der Waals surface area contributed by atoms with Gasteiger partial charge in [0.2, 0.25) is 0 Å². The molecule has 0 spiro atoms. The van der Waals surface area contributed by atoms with Crippen molar-refractivity contribution in [1.82, 2.24) is 0 Å². The lowest BCUT2D eigenvalue weighted by molar-refractivity contribution is -0.173. The number of ketones is 1. The third-order valence-corrected chi connectivity index (χ3v) is 6.52. The Balaban J connectivity index is 2.25. The van der Waals surface area contributed by atoms with Gasteiger partial charge in [0.05, 0.1) is 19.8 Å². The lowest BCUT2D eigenvalue weighted by atomic mass is 9.70. The van der Waals surface area contributed by atoms with Crippen LogP contribution in [-0.2, 0) is 28.6 Å². The van der Waals surface area contributed by atoms with E-state index in [-0.39, 0.29) is 38.4 Å². The van der Waals surface area contributed by atoms with Gasteiger partial charge in [-0.05, 0) is 38.7 Å². The number of carbonyl (C=O) groups excluding carboxylic acids is 4. The van der Waals surface area contributed by atoms with Crippen molar-refractivity contribution < 1.29 is 33.4 Å². The van der Waals surface area contributed by atoms with Crippen LogP contribution in [0.15, 0.2) is 60.7 Å². The zero-order valence-corrected chi connectivity index (χ0v) is 20.4. The molecule has 35 heavy (non-hydrogen) atoms. The maximum atomic E-state index is 14.0. The number of Topliss-reactive ketones (excluding diaryl/α,β-unsaturated/α-hetero) is 1. The van der Waals surface area contributed by atoms with E-state index in [1.165, 1.54) is 0 Å². The summed E-state index contributed by atoms with van der Waals surface area (Å²) >= 11 is 0. The Morgan fingerprint density at radius 1 is 0.771 bits per heavy atom. The fourth-order valence-corrected chi connectivity index (χ4v) is 5.22. The molecule has 7 nitrogen and oxygen atoms in total. The summed E-state index contributed by atoms with van der Waals surface area (Å²) in [6.45, 7) is 5.32. The molecular formula is C28H32O7. The molecule has 7 heteroatoms. The molecule has 1 aliphatic carbocycles. The van der Waals surface area contributed by atoms with Crippen LogP contribution in [0.3, 0.4) is 0 Å². The van der Waals surface area contributed by atoms with E-state index in [2.05, 4.69) is 0 Å². The third kappa shape index (κ3) is 5.29. The second kappa shape index (κ2) is 11.8. The monoisotopic (exact) mass is 480 g/mol. The van der Waals surface area contributed by atoms with Crippen molar-refractivity contribution in [2.24, 2.45) is 17.3 Å². The Kier molecular flexibility index (Phi) is 8.79. The molecule has 0 N–H and O–H groups in total. The summed E-state index contributed by atoms with van der Waals surface area (Å²) in [5.41, 5.74) is -0.704. The summed E-state index contributed by atoms with van der Waals surface area (Å²) in [7, 11) is 0. The first-order valence-corrected chi connectivity index (χ1v) is 12.0. The van der Waals surface area contributed by atoms with Crippen LogP contribution in [0.1, 0.15) is 55.5 Å². The van der Waals surface area contributed by atoms with Crippen molar-refractivity contribution in [3.8, 4) is 0 Å². The van der Waals surface area contributed by atoms with Crippen LogP contribution >= 0.6 is 0 Å². The Morgan fingerprint density at radius 2 is 1.29 bits per heavy atom. The molecule has 0 amide bonds. The number of hydrogen-bond donors (Lipinski definition) is 0. The highest BCUT2D eigenvalue weighted by Gasteiger charge is 2.66. The van der Waals surface area contributed by atoms with E-state index < -0.39 is 41.1 Å². The van der Waals surface area contributed by atoms with Gasteiger partial charge in [0.1, 0.15) is 0 Å². The van der Waals surface area contributed by atoms with Gasteiger partial charge in [-0.2, -0.15) is 0 Å². The summed E-state index contributed by atoms with van der Waals surface area (Å²) in [6.07, 6.45) is -0.173. The molecule has 3 atom stereocenters. The number of rotatable bonds is 10. The van der Waals surface area contributed by atoms with Gasteiger partial charge in [-0.25, -0.2) is 0 Å². The summed E-state index contributed by atoms with van der Waals surface area (Å²) in [6, 6.07) is 17.7. The van der Waals surface area contributed by atoms with Crippen LogP contribution in [0, 0.1) is 17.3 Å². The predicted molar refractivity (Wildman–Crippen MR) is 129 cm³/mol. The van der Waals surface area contributed by atoms with Crippen LogP contribution in [0.25, 0.3) is 0 Å². The molecule has 0 saturated heterocycles. The molecule has 0 unspecified atom stereocenters. The SMILES string of the molecule is CCOC(=O)C[C@H]1CC(C(=O)OCC)(C(=O)OCC)[C@H](c2ccccc2)[C@@H]1C(=O)c1ccccc1. The zero-order chi connectivity index (χ0) is 25.4. The molecule has 2 aromatic rings. The van der Waals surface area contributed by atoms with Crippen molar-refractivity contribution in [1.29, 1.82) is 0 Å². The smallest absolute Gasteiger partial charge is 0.324 e. The third-order valence-electron chi connectivity index (χ3n) is 6.52. The fraction of sp³-hybridized carbons (Fsp3) is 0.429. The van der Waals surface area contributed by atoms with E-state index in [1.807, 2.05) is 6.07 Å². The van der Waals surface area contributed by atoms with E-state index in [1.54, 1.807) is 75.4 Å². The fourth-order valence-electron chi connectivity index (χ4n) is 5.22. The number of esters is 3. The van der Waals surface area contributed by atoms with E-state index in [9.17, 15) is 19.2 Å². The van der Waals surface area contributed by atoms with E-state index in [0.717, 1.165) is 0 Å². The summed E-state index contributed by atoms with van der Waals surface area (Å²) in [4.78, 5) is 53.7. The van der Waals surface area contributed by atoms with Crippen LogP contribution < -0.4 is 0 Å². The molecule has 186 valence electrons. The molecule has 0 heterocycles. The van der Waals surface area contributed by atoms with Gasteiger partial charge in [-0.3, -0.25) is 19.2 Å². The molecule has 2 aromatic carbocycles. The minimum Gasteiger partial charge on any atom is -0.466 e. The first kappa shape index (κ1) is 26.1. The maximum absolute atomic E-state index is 14.0. The molecule has 0 bridgehead atoms. The molecule has 1 fully saturated rings. The molecule has 1 aliphatic rings. The highest BCUT2D eigenvalue weighted by atomic mass is 16.6. The molecular weight excluding hydrogens is 448 g/mol. The van der Waals surface area contributed by atoms with Crippen molar-refractivity contribution in [3.05, 3.63) is 71.8 Å². The number of ether oxygens (including phenoxy) is 3. The Bertz CT molecular complexity index is 1010. The van der Waals surface area contributed by atoms with E-state index in [4.69, 9.17) is 14.2 Å². The molecule has 3 rings (SSSR count). The summed E-state index contributed by atoms with van der Waals surface area (Å²) < 4.78 is 16.0. The van der Waals surface area contributed by atoms with Crippen molar-refractivity contribution in [3.63, 3.8) is 0 Å². The highest BCUT2D eigenvalue weighted by Crippen LogP contribution is 2.59. The number of hydrogen-bond acceptors (Lipinski definition) is 7. The minimum absolute atomic E-state index is 0.0569. The maximum Gasteiger partial charge on any atom is 0.324 e. The Hall–Kier alpha value is -3.48. The molecule has 0 aliphatic heterocycles. The van der Waals surface area contributed by atoms with Gasteiger partial charge < -0.3 is 14.2 Å². The Morgan fingerprint density at radius 3 is 1.80 bits per heavy atom. The lowest BCUT2D eigenvalue weighted by Crippen LogP contribution is -2.45. The summed E-state index contributed by atoms with van der Waals surface area (Å²) in [5.74, 6) is -4.59. The average Bonchev–Trinajstić information content (AvgIpc) is 3.21. The van der Waals surface area contributed by atoms with Crippen LogP contribution in [0.4, 0.5) is 0 Å². The molecule has 1 saturated carbocycles. The number of benzene rings is 2. The average molecular weight is 481 g/mol. The standard InChI is InChI=1S/C28H32O7/c1-4-33-22(29)17-21-18-28(26(31)34-5-2,27(32)35-6-3)24(19-13-9-7-10-14-19)23(21)25(30)20-15-11-8-12-16-20/h7-16,21,23-24H,4-6,17-18H2,1-3H3/t21-,23+,24+/m0/s1. The van der Waals surface area contributed by atoms with Crippen LogP contribution in [0.5, 0.6) is 0 Å². The van der Waals surface area contributed by atoms with Gasteiger partial charge >= 0.3 is 17.9 Å². The quantitative estimate of drug-likeness (QED) is 0.216. The second-order valence-corrected chi connectivity index (χ2v) is 8.53. The zero-order valence-electron chi connectivity index (χ0n) is 20.4. The topological polar surface area (TPSA) is 96.0 Å². The lowest BCUT2D eigenvalue weighted by Gasteiger charge is -2.33. The van der Waals surface area contributed by atoms with Gasteiger partial charge in [-0.15, -0.1) is 0 Å². The largest absolute Gasteiger partial charge is 0.466 e. The first-order chi connectivity index (χ1) is 16.9. The molecule has 0 radical (unpaired) electrons. The van der Waals surface area contributed by atoms with Crippen LogP contribution in [0.2, 0.25) is 0 Å². The van der Waals surface area contributed by atoms with Gasteiger partial charge in [-0.1, -0.05) is 60.7 Å². The van der Waals surface area contributed by atoms with Crippen LogP contribution in [-0.4, -0.2) is 43.5 Å². The van der Waals surface area contributed by atoms with E-state index >= 15 is 0 Å². The van der Waals surface area contributed by atoms with Crippen molar-refractivity contribution >= 4 is 23.7 Å². The normalized spacial score (nSPS) is 20.6. The van der Waals surface area contributed by atoms with Crippen molar-refractivity contribution in [2.45, 2.75) is 39.5 Å². The minimum atomic E-state index is -1.78. The molecule has 0 aromatic heterocycles. The van der Waals surface area contributed by atoms with Crippen molar-refractivity contribution in [2.75, 3.05) is 19.8 Å². The highest BCUT2D eigenvalue weighted by molar-refractivity contribution is 6.06. The van der Waals surface area contributed by atoms with E-state index in [0.29, 0.717) is 11.1 Å². The number of carbonyl (C=O) groups is 4. The predicted octanol–water partition coefficient (Wildman–Crippen LogP) is 4.36. The second-order valence-electron chi connectivity index (χ2n) is 8.53. The van der Waals surface area contributed by atoms with Gasteiger partial charge in [0, 0.05) is 23.8 Å². The van der Waals surface area contributed by atoms with Gasteiger partial charge in [0.25, 0.3) is 0 Å². The first-order valence-electron chi connectivity index (χ1n) is 12.0. The van der Waals surface area contributed by atoms with Gasteiger partial charge in [0.15, 0.2) is 11.2 Å².